The Hall–Kier alpha value is -6.33. The van der Waals surface area contributed by atoms with Crippen molar-refractivity contribution in [1.82, 2.24) is 41.1 Å². The van der Waals surface area contributed by atoms with Gasteiger partial charge in [0.1, 0.15) is 6.04 Å². The van der Waals surface area contributed by atoms with E-state index in [0.717, 1.165) is 10.5 Å². The van der Waals surface area contributed by atoms with Crippen molar-refractivity contribution in [3.63, 3.8) is 0 Å². The number of benzene rings is 2. The van der Waals surface area contributed by atoms with Crippen LogP contribution in [0.25, 0.3) is 6.08 Å². The number of nitrogens with zero attached hydrogens (tertiary/aromatic N) is 4. The zero-order valence-corrected chi connectivity index (χ0v) is 50.6. The quantitative estimate of drug-likeness (QED) is 0.0269. The van der Waals surface area contributed by atoms with Gasteiger partial charge < -0.3 is 29.9 Å². The van der Waals surface area contributed by atoms with Crippen LogP contribution in [0.3, 0.4) is 0 Å². The summed E-state index contributed by atoms with van der Waals surface area (Å²) in [6, 6.07) is 12.3. The Balaban J connectivity index is 1.36. The van der Waals surface area contributed by atoms with E-state index in [9.17, 15) is 51.3 Å². The molecule has 0 bridgehead atoms. The summed E-state index contributed by atoms with van der Waals surface area (Å²) in [6.07, 6.45) is 9.23. The maximum Gasteiger partial charge on any atom is 0.294 e. The molecule has 82 heavy (non-hydrogen) atoms. The van der Waals surface area contributed by atoms with Crippen LogP contribution in [0.5, 0.6) is 0 Å². The highest BCUT2D eigenvalue weighted by atomic mass is 32.2. The molecule has 5 N–H and O–H groups in total. The molecule has 0 radical (unpaired) electrons. The van der Waals surface area contributed by atoms with E-state index in [1.165, 1.54) is 38.5 Å². The molecule has 0 saturated carbocycles. The summed E-state index contributed by atoms with van der Waals surface area (Å²) in [5, 5.41) is 6.21. The minimum Gasteiger partial charge on any atom is -0.379 e. The highest BCUT2D eigenvalue weighted by Gasteiger charge is 2.43. The van der Waals surface area contributed by atoms with Crippen LogP contribution in [0.1, 0.15) is 124 Å². The smallest absolute Gasteiger partial charge is 0.294 e. The van der Waals surface area contributed by atoms with Crippen LogP contribution in [0.15, 0.2) is 77.7 Å². The van der Waals surface area contributed by atoms with Gasteiger partial charge in [-0.3, -0.25) is 63.6 Å². The Labute approximate surface area is 485 Å². The van der Waals surface area contributed by atoms with Crippen molar-refractivity contribution in [3.8, 4) is 0 Å². The van der Waals surface area contributed by atoms with Crippen molar-refractivity contribution in [2.75, 3.05) is 47.9 Å². The number of likely N-dealkylation sites (tertiary alicyclic amines) is 1. The van der Waals surface area contributed by atoms with Crippen molar-refractivity contribution in [2.24, 2.45) is 23.7 Å². The molecule has 0 aliphatic carbocycles. The lowest BCUT2D eigenvalue weighted by Gasteiger charge is -2.41. The largest absolute Gasteiger partial charge is 0.379 e. The minimum atomic E-state index is -4.36. The topological polar surface area (TPSA) is 270 Å². The molecular weight excluding hydrogens is 1070 g/mol. The third-order valence-corrected chi connectivity index (χ3v) is 16.5. The summed E-state index contributed by atoms with van der Waals surface area (Å²) in [4.78, 5) is 112. The SMILES string of the molecule is CCC(C)C(C(CC(=O)N1CCC[C@H]1C(OC)C(C)C(=O)NC(/C=C/c1ccc(S(=O)(=O)O)cc1)Cc1ccccc1)OC)N(C)C(=O)C(NC(=O)C(C(C)C)N(C)CCCC(=O)NNC(=O)CCCCCN1C(=O)C=CC1=O)C(C)C. The molecule has 2 aromatic carbocycles. The molecule has 1 fully saturated rings. The Morgan fingerprint density at radius 3 is 1.98 bits per heavy atom. The number of carbonyl (C=O) groups excluding carboxylic acids is 8. The third-order valence-electron chi connectivity index (χ3n) is 15.6. The Kier molecular flexibility index (Phi) is 27.5. The second kappa shape index (κ2) is 33.1. The van der Waals surface area contributed by atoms with Gasteiger partial charge in [-0.15, -0.1) is 0 Å². The summed E-state index contributed by atoms with van der Waals surface area (Å²) < 4.78 is 44.8. The number of nitrogens with one attached hydrogen (secondary N) is 4. The molecule has 2 aliphatic heterocycles. The molecular formula is C60H90N8O13S. The number of ether oxygens (including phenoxy) is 2. The molecule has 454 valence electrons. The predicted molar refractivity (Wildman–Crippen MR) is 311 cm³/mol. The third kappa shape index (κ3) is 20.2. The zero-order valence-electron chi connectivity index (χ0n) is 49.8. The molecule has 1 saturated heterocycles. The van der Waals surface area contributed by atoms with E-state index in [-0.39, 0.29) is 89.8 Å². The van der Waals surface area contributed by atoms with Gasteiger partial charge in [-0.05, 0) is 93.1 Å². The number of hydrogen-bond acceptors (Lipinski definition) is 13. The number of likely N-dealkylation sites (N-methyl/N-ethyl adjacent to an activating group) is 2. The highest BCUT2D eigenvalue weighted by Crippen LogP contribution is 2.30. The lowest BCUT2D eigenvalue weighted by molar-refractivity contribution is -0.148. The Morgan fingerprint density at radius 2 is 1.41 bits per heavy atom. The van der Waals surface area contributed by atoms with Crippen LogP contribution >= 0.6 is 0 Å². The number of hydrazine groups is 1. The molecule has 21 nitrogen and oxygen atoms in total. The van der Waals surface area contributed by atoms with Gasteiger partial charge in [-0.2, -0.15) is 8.42 Å². The molecule has 0 aromatic heterocycles. The summed E-state index contributed by atoms with van der Waals surface area (Å²) in [5.41, 5.74) is 6.49. The van der Waals surface area contributed by atoms with Crippen molar-refractivity contribution >= 4 is 63.5 Å². The van der Waals surface area contributed by atoms with Crippen LogP contribution in [0.4, 0.5) is 0 Å². The summed E-state index contributed by atoms with van der Waals surface area (Å²) in [5.74, 6) is -3.99. The van der Waals surface area contributed by atoms with Crippen molar-refractivity contribution in [1.29, 1.82) is 0 Å². The van der Waals surface area contributed by atoms with E-state index >= 15 is 0 Å². The molecule has 2 aromatic rings. The van der Waals surface area contributed by atoms with Gasteiger partial charge in [0, 0.05) is 59.4 Å². The normalized spacial score (nSPS) is 17.6. The van der Waals surface area contributed by atoms with E-state index in [1.807, 2.05) is 82.9 Å². The number of amides is 8. The summed E-state index contributed by atoms with van der Waals surface area (Å²) in [7, 11) is 2.15. The molecule has 4 rings (SSSR count). The first-order valence-electron chi connectivity index (χ1n) is 28.7. The fourth-order valence-electron chi connectivity index (χ4n) is 10.9. The van der Waals surface area contributed by atoms with E-state index in [1.54, 1.807) is 49.0 Å². The maximum absolute atomic E-state index is 14.7. The van der Waals surface area contributed by atoms with E-state index < -0.39 is 64.4 Å². The molecule has 8 unspecified atom stereocenters. The standard InChI is InChI=1S/C60H90N8O13S/c1-12-41(6)56(66(9)60(76)54(39(2)3)62-59(75)55(40(4)5)65(8)34-20-25-50(70)64-63-49(69)24-17-14-18-35-68-51(71)32-33-52(68)72)48(80-10)38-53(73)67-36-19-23-47(67)57(81-11)42(7)58(74)61-45(37-44-21-15-13-16-22-44)29-26-43-27-30-46(31-28-43)82(77,78)79/h13,15-16,21-22,26-33,39-42,45,47-48,54-57H,12,14,17-20,23-25,34-38H2,1-11H3,(H,61,74)(H,62,75)(H,63,69)(H,64,70)(H,77,78,79)/b29-26+/t41?,42?,45?,47-,48?,54?,55?,56?,57?/m0/s1. The number of rotatable bonds is 33. The number of imide groups is 1. The van der Waals surface area contributed by atoms with Crippen LogP contribution in [-0.2, 0) is 64.4 Å². The lowest BCUT2D eigenvalue weighted by atomic mass is 9.89. The monoisotopic (exact) mass is 1160 g/mol. The summed E-state index contributed by atoms with van der Waals surface area (Å²) in [6.45, 7) is 14.4. The van der Waals surface area contributed by atoms with Gasteiger partial charge in [0.25, 0.3) is 21.9 Å². The summed E-state index contributed by atoms with van der Waals surface area (Å²) >= 11 is 0. The molecule has 9 atom stereocenters. The highest BCUT2D eigenvalue weighted by molar-refractivity contribution is 7.85. The van der Waals surface area contributed by atoms with E-state index in [0.29, 0.717) is 70.0 Å². The Bertz CT molecular complexity index is 2620. The fraction of sp³-hybridized carbons (Fsp3) is 0.600. The van der Waals surface area contributed by atoms with Crippen LogP contribution in [-0.4, -0.2) is 170 Å². The second-order valence-corrected chi connectivity index (χ2v) is 23.8. The van der Waals surface area contributed by atoms with Crippen molar-refractivity contribution < 1.29 is 60.8 Å². The molecule has 2 aliphatic rings. The number of unbranched alkanes of at least 4 members (excludes halogenated alkanes) is 2. The van der Waals surface area contributed by atoms with E-state index in [2.05, 4.69) is 21.5 Å². The minimum absolute atomic E-state index is 0.0672. The molecule has 8 amide bonds. The second-order valence-electron chi connectivity index (χ2n) is 22.4. The Morgan fingerprint density at radius 1 is 0.793 bits per heavy atom. The van der Waals surface area contributed by atoms with Gasteiger partial charge in [0.15, 0.2) is 0 Å². The van der Waals surface area contributed by atoms with Crippen molar-refractivity contribution in [2.45, 2.75) is 166 Å². The van der Waals surface area contributed by atoms with Crippen LogP contribution in [0.2, 0.25) is 0 Å². The van der Waals surface area contributed by atoms with Gasteiger partial charge >= 0.3 is 0 Å². The first kappa shape index (κ1) is 68.2. The fourth-order valence-corrected chi connectivity index (χ4v) is 11.4. The van der Waals surface area contributed by atoms with Gasteiger partial charge in [0.05, 0.1) is 53.6 Å². The average molecular weight is 1160 g/mol. The van der Waals surface area contributed by atoms with E-state index in [4.69, 9.17) is 9.47 Å². The van der Waals surface area contributed by atoms with Crippen LogP contribution in [0, 0.1) is 23.7 Å². The number of methoxy groups -OCH3 is 2. The van der Waals surface area contributed by atoms with Gasteiger partial charge in [-0.25, -0.2) is 0 Å². The van der Waals surface area contributed by atoms with Crippen LogP contribution < -0.4 is 21.5 Å². The zero-order chi connectivity index (χ0) is 60.8. The van der Waals surface area contributed by atoms with Gasteiger partial charge in [-0.1, -0.05) is 116 Å². The number of hydrogen-bond donors (Lipinski definition) is 5. The van der Waals surface area contributed by atoms with Crippen molar-refractivity contribution in [3.05, 3.63) is 84.0 Å². The molecule has 0 spiro atoms. The first-order chi connectivity index (χ1) is 38.8. The average Bonchev–Trinajstić information content (AvgIpc) is 4.06. The number of carbonyl (C=O) groups is 8. The molecule has 2 heterocycles. The maximum atomic E-state index is 14.7. The first-order valence-corrected chi connectivity index (χ1v) is 30.1. The molecule has 22 heteroatoms. The lowest BCUT2D eigenvalue weighted by Crippen LogP contribution is -2.60. The predicted octanol–water partition coefficient (Wildman–Crippen LogP) is 5.10. The van der Waals surface area contributed by atoms with Gasteiger partial charge in [0.2, 0.25) is 35.4 Å².